The van der Waals surface area contributed by atoms with Gasteiger partial charge in [-0.2, -0.15) is 5.10 Å². The molecule has 3 heterocycles. The van der Waals surface area contributed by atoms with Crippen LogP contribution in [0, 0.1) is 5.92 Å². The standard InChI is InChI=1S/C39H59N5O3SSi2/c1-37(2,3)48(45)43-36(29-22-31(23-29)47-50(12,13)39(7,8)9)33-18-15-17-32(42-33)27-20-21-28-25-40-44(34(28)24-27)35-19-14-16-30(41-35)26-46-49(10,11)38(4,5)6/h14-21,24-25,29,31,36,43H,22-23,26H2,1-13H3/t29?,31?,36-,48?/m0/s1. The molecule has 1 aliphatic rings. The summed E-state index contributed by atoms with van der Waals surface area (Å²) >= 11 is -1.25. The maximum Gasteiger partial charge on any atom is 0.192 e. The first-order valence-corrected chi connectivity index (χ1v) is 24.9. The molecule has 1 unspecified atom stereocenters. The molecule has 0 aliphatic heterocycles. The summed E-state index contributed by atoms with van der Waals surface area (Å²) in [7, 11) is -3.79. The van der Waals surface area contributed by atoms with E-state index in [4.69, 9.17) is 23.9 Å². The van der Waals surface area contributed by atoms with Gasteiger partial charge >= 0.3 is 0 Å². The number of pyridine rings is 2. The molecule has 0 spiro atoms. The fraction of sp³-hybridized carbons (Fsp3) is 0.564. The average Bonchev–Trinajstić information content (AvgIpc) is 3.43. The summed E-state index contributed by atoms with van der Waals surface area (Å²) < 4.78 is 31.7. The van der Waals surface area contributed by atoms with Gasteiger partial charge in [-0.25, -0.2) is 9.67 Å². The molecule has 1 fully saturated rings. The van der Waals surface area contributed by atoms with Crippen LogP contribution in [0.25, 0.3) is 28.0 Å². The number of fused-ring (bicyclic) bond motifs is 1. The molecule has 272 valence electrons. The second-order valence-corrected chi connectivity index (χ2v) is 29.6. The van der Waals surface area contributed by atoms with Crippen LogP contribution in [0.3, 0.4) is 0 Å². The van der Waals surface area contributed by atoms with E-state index < -0.39 is 32.7 Å². The van der Waals surface area contributed by atoms with Gasteiger partial charge in [-0.1, -0.05) is 65.8 Å². The van der Waals surface area contributed by atoms with Gasteiger partial charge in [0.05, 0.1) is 41.4 Å². The van der Waals surface area contributed by atoms with Crippen molar-refractivity contribution in [3.05, 3.63) is 72.2 Å². The minimum atomic E-state index is -1.91. The number of hydrogen-bond donors (Lipinski definition) is 1. The maximum absolute atomic E-state index is 13.5. The Labute approximate surface area is 305 Å². The minimum absolute atomic E-state index is 0.129. The van der Waals surface area contributed by atoms with Crippen molar-refractivity contribution < 1.29 is 13.4 Å². The van der Waals surface area contributed by atoms with Crippen molar-refractivity contribution in [1.29, 1.82) is 0 Å². The first kappa shape index (κ1) is 38.8. The Bertz CT molecular complexity index is 1780. The number of nitrogens with zero attached hydrogens (tertiary/aromatic N) is 4. The van der Waals surface area contributed by atoms with Crippen molar-refractivity contribution in [3.63, 3.8) is 0 Å². The second-order valence-electron chi connectivity index (χ2n) is 18.0. The Morgan fingerprint density at radius 2 is 1.54 bits per heavy atom. The molecule has 5 rings (SSSR count). The van der Waals surface area contributed by atoms with Crippen LogP contribution in [0.4, 0.5) is 0 Å². The lowest BCUT2D eigenvalue weighted by Gasteiger charge is -2.46. The Morgan fingerprint density at radius 1 is 0.880 bits per heavy atom. The predicted molar refractivity (Wildman–Crippen MR) is 213 cm³/mol. The first-order chi connectivity index (χ1) is 23.1. The third-order valence-electron chi connectivity index (χ3n) is 11.0. The predicted octanol–water partition coefficient (Wildman–Crippen LogP) is 9.90. The van der Waals surface area contributed by atoms with Crippen LogP contribution in [0.1, 0.15) is 92.6 Å². The quantitative estimate of drug-likeness (QED) is 0.121. The van der Waals surface area contributed by atoms with Crippen LogP contribution in [-0.2, 0) is 26.8 Å². The zero-order valence-electron chi connectivity index (χ0n) is 32.5. The van der Waals surface area contributed by atoms with Gasteiger partial charge < -0.3 is 13.4 Å². The smallest absolute Gasteiger partial charge is 0.192 e. The zero-order chi connectivity index (χ0) is 36.9. The summed E-state index contributed by atoms with van der Waals surface area (Å²) in [6.07, 6.45) is 3.96. The van der Waals surface area contributed by atoms with Crippen LogP contribution in [-0.4, -0.2) is 51.8 Å². The highest BCUT2D eigenvalue weighted by Gasteiger charge is 2.46. The monoisotopic (exact) mass is 733 g/mol. The van der Waals surface area contributed by atoms with Crippen molar-refractivity contribution in [2.24, 2.45) is 5.92 Å². The van der Waals surface area contributed by atoms with Crippen LogP contribution < -0.4 is 4.72 Å². The second kappa shape index (κ2) is 14.2. The Kier molecular flexibility index (Phi) is 11.0. The molecule has 1 aliphatic carbocycles. The molecule has 1 N–H and O–H groups in total. The van der Waals surface area contributed by atoms with Gasteiger partial charge in [0.15, 0.2) is 22.5 Å². The number of benzene rings is 1. The van der Waals surface area contributed by atoms with E-state index >= 15 is 0 Å². The molecule has 1 aromatic carbocycles. The summed E-state index contributed by atoms with van der Waals surface area (Å²) in [5.41, 5.74) is 4.60. The molecule has 3 aromatic heterocycles. The molecule has 0 radical (unpaired) electrons. The van der Waals surface area contributed by atoms with Crippen molar-refractivity contribution >= 4 is 38.9 Å². The third-order valence-corrected chi connectivity index (χ3v) is 21.6. The minimum Gasteiger partial charge on any atom is -0.598 e. The van der Waals surface area contributed by atoms with Gasteiger partial charge in [0, 0.05) is 28.4 Å². The molecule has 0 amide bonds. The molecule has 4 aromatic rings. The number of aromatic nitrogens is 4. The molecular weight excluding hydrogens is 675 g/mol. The van der Waals surface area contributed by atoms with E-state index in [1.54, 1.807) is 0 Å². The van der Waals surface area contributed by atoms with E-state index in [0.29, 0.717) is 6.61 Å². The zero-order valence-corrected chi connectivity index (χ0v) is 35.4. The number of rotatable bonds is 11. The maximum atomic E-state index is 13.5. The van der Waals surface area contributed by atoms with Gasteiger partial charge in [-0.05, 0) is 106 Å². The van der Waals surface area contributed by atoms with E-state index in [1.165, 1.54) is 0 Å². The SMILES string of the molecule is CC(C)(C)[S+]([O-])N[C@H](c1cccc(-c2ccc3cnn(-c4cccc(CO[Si](C)(C)C(C)(C)C)n4)c3c2)n1)C1CC(O[Si](C)(C)C(C)(C)C)C1. The molecule has 50 heavy (non-hydrogen) atoms. The van der Waals surface area contributed by atoms with Gasteiger partial charge in [0.25, 0.3) is 0 Å². The molecular formula is C39H59N5O3SSi2. The van der Waals surface area contributed by atoms with Crippen LogP contribution in [0.2, 0.25) is 36.3 Å². The lowest BCUT2D eigenvalue weighted by atomic mass is 9.76. The lowest BCUT2D eigenvalue weighted by Crippen LogP contribution is -2.51. The fourth-order valence-electron chi connectivity index (χ4n) is 5.54. The van der Waals surface area contributed by atoms with Crippen molar-refractivity contribution in [2.75, 3.05) is 0 Å². The average molecular weight is 734 g/mol. The van der Waals surface area contributed by atoms with E-state index in [9.17, 15) is 4.55 Å². The number of nitrogens with one attached hydrogen (secondary N) is 1. The highest BCUT2D eigenvalue weighted by molar-refractivity contribution is 7.90. The van der Waals surface area contributed by atoms with Crippen LogP contribution in [0.15, 0.2) is 60.8 Å². The summed E-state index contributed by atoms with van der Waals surface area (Å²) in [6.45, 7) is 29.2. The summed E-state index contributed by atoms with van der Waals surface area (Å²) in [6, 6.07) is 18.4. The highest BCUT2D eigenvalue weighted by Crippen LogP contribution is 2.45. The normalized spacial score (nSPS) is 19.0. The van der Waals surface area contributed by atoms with Gasteiger partial charge in [-0.15, -0.1) is 4.72 Å². The Hall–Kier alpha value is -2.39. The molecule has 2 atom stereocenters. The van der Waals surface area contributed by atoms with Gasteiger partial charge in [0.1, 0.15) is 4.75 Å². The van der Waals surface area contributed by atoms with E-state index in [-0.39, 0.29) is 28.1 Å². The number of hydrogen-bond acceptors (Lipinski definition) is 7. The Balaban J connectivity index is 1.41. The van der Waals surface area contributed by atoms with Crippen LogP contribution >= 0.6 is 0 Å². The molecule has 8 nitrogen and oxygen atoms in total. The lowest BCUT2D eigenvalue weighted by molar-refractivity contribution is 0.0365. The third kappa shape index (κ3) is 8.62. The Morgan fingerprint density at radius 3 is 2.18 bits per heavy atom. The molecule has 1 saturated carbocycles. The topological polar surface area (TPSA) is 97.2 Å². The van der Waals surface area contributed by atoms with Crippen molar-refractivity contribution in [1.82, 2.24) is 24.5 Å². The summed E-state index contributed by atoms with van der Waals surface area (Å²) in [5.74, 6) is 1.03. The molecule has 0 bridgehead atoms. The molecule has 11 heteroatoms. The van der Waals surface area contributed by atoms with E-state index in [2.05, 4.69) is 103 Å². The van der Waals surface area contributed by atoms with Crippen molar-refractivity contribution in [2.45, 2.75) is 135 Å². The highest BCUT2D eigenvalue weighted by atomic mass is 32.2. The van der Waals surface area contributed by atoms with Crippen molar-refractivity contribution in [3.8, 4) is 17.1 Å². The summed E-state index contributed by atoms with van der Waals surface area (Å²) in [5, 5.41) is 6.04. The van der Waals surface area contributed by atoms with E-state index in [1.807, 2.05) is 55.9 Å². The fourth-order valence-corrected chi connectivity index (χ4v) is 8.76. The largest absolute Gasteiger partial charge is 0.598 e. The van der Waals surface area contributed by atoms with Crippen LogP contribution in [0.5, 0.6) is 0 Å². The van der Waals surface area contributed by atoms with Gasteiger partial charge in [0.2, 0.25) is 0 Å². The summed E-state index contributed by atoms with van der Waals surface area (Å²) in [4.78, 5) is 10.2. The molecule has 0 saturated heterocycles. The first-order valence-electron chi connectivity index (χ1n) is 18.0. The van der Waals surface area contributed by atoms with Gasteiger partial charge in [-0.3, -0.25) is 4.98 Å². The van der Waals surface area contributed by atoms with E-state index in [0.717, 1.165) is 52.2 Å².